The highest BCUT2D eigenvalue weighted by Crippen LogP contribution is 2.27. The zero-order chi connectivity index (χ0) is 25.1. The topological polar surface area (TPSA) is 228 Å². The summed E-state index contributed by atoms with van der Waals surface area (Å²) in [6, 6.07) is -2.76. The van der Waals surface area contributed by atoms with Gasteiger partial charge in [0.05, 0.1) is 13.2 Å². The number of esters is 1. The second kappa shape index (κ2) is 9.67. The number of anilines is 1. The van der Waals surface area contributed by atoms with E-state index in [0.717, 1.165) is 18.4 Å². The molecule has 0 aromatic carbocycles. The van der Waals surface area contributed by atoms with Gasteiger partial charge in [0, 0.05) is 11.8 Å². The Kier molecular flexibility index (Phi) is 7.60. The van der Waals surface area contributed by atoms with Gasteiger partial charge < -0.3 is 25.7 Å². The molecule has 1 saturated heterocycles. The summed E-state index contributed by atoms with van der Waals surface area (Å²) >= 11 is 0.942. The Morgan fingerprint density at radius 3 is 2.52 bits per heavy atom. The number of hydrogen-bond acceptors (Lipinski definition) is 12. The van der Waals surface area contributed by atoms with E-state index in [1.807, 2.05) is 0 Å². The maximum Gasteiger partial charge on any atom is 0.362 e. The fraction of sp³-hybridized carbons (Fsp3) is 0.500. The number of methoxy groups -OCH3 is 1. The number of carbonyl (C=O) groups excluding carboxylic acids is 3. The van der Waals surface area contributed by atoms with Crippen LogP contribution < -0.4 is 11.1 Å². The van der Waals surface area contributed by atoms with Crippen LogP contribution in [0.25, 0.3) is 0 Å². The molecule has 2 amide bonds. The lowest BCUT2D eigenvalue weighted by molar-refractivity contribution is -0.161. The van der Waals surface area contributed by atoms with E-state index in [4.69, 9.17) is 15.7 Å². The number of hydrogen-bond donors (Lipinski definition) is 4. The molecule has 182 valence electrons. The summed E-state index contributed by atoms with van der Waals surface area (Å²) in [6.45, 7) is 2.35. The number of β-lactam (4-membered cyclic amide) rings is 1. The van der Waals surface area contributed by atoms with Crippen molar-refractivity contribution in [1.29, 1.82) is 0 Å². The number of thiazole rings is 1. The van der Waals surface area contributed by atoms with Crippen LogP contribution in [0.4, 0.5) is 5.13 Å². The van der Waals surface area contributed by atoms with Crippen LogP contribution >= 0.6 is 11.3 Å². The van der Waals surface area contributed by atoms with E-state index in [1.54, 1.807) is 0 Å². The van der Waals surface area contributed by atoms with Crippen molar-refractivity contribution in [2.45, 2.75) is 44.4 Å². The highest BCUT2D eigenvalue weighted by atomic mass is 32.2. The smallest absolute Gasteiger partial charge is 0.362 e. The minimum Gasteiger partial charge on any atom is -0.478 e. The zero-order valence-electron chi connectivity index (χ0n) is 17.5. The number of amides is 2. The van der Waals surface area contributed by atoms with Crippen molar-refractivity contribution < 1.29 is 46.8 Å². The number of nitrogens with two attached hydrogens (primary N) is 1. The van der Waals surface area contributed by atoms with Gasteiger partial charge >= 0.3 is 22.2 Å². The number of carbonyl (C=O) groups is 4. The number of aliphatic carboxylic acids is 1. The Bertz CT molecular complexity index is 1100. The first-order valence-corrected chi connectivity index (χ1v) is 11.4. The molecule has 0 bridgehead atoms. The van der Waals surface area contributed by atoms with Crippen LogP contribution in [0.15, 0.2) is 10.5 Å². The standard InChI is InChI=1S/C16H21N5O10S2/c1-16(2,14(25)26)31-20-10(7-6-32-15(17)18-7)12(23)19-11-8(4-5-9(22)30-3)21(13(11)24)33(27,28)29/h6,8,11H,4-5H2,1-3H3,(H2,17,18)(H,19,23)(H,25,26)(H,27,28,29)/b20-10-/t8-,11+/m0/s1. The summed E-state index contributed by atoms with van der Waals surface area (Å²) in [4.78, 5) is 56.7. The Morgan fingerprint density at radius 1 is 1.39 bits per heavy atom. The minimum atomic E-state index is -4.96. The molecule has 15 nitrogen and oxygen atoms in total. The molecule has 1 aromatic heterocycles. The van der Waals surface area contributed by atoms with Gasteiger partial charge in [0.1, 0.15) is 11.7 Å². The van der Waals surface area contributed by atoms with Crippen molar-refractivity contribution in [2.75, 3.05) is 12.8 Å². The lowest BCUT2D eigenvalue weighted by Crippen LogP contribution is -2.72. The van der Waals surface area contributed by atoms with Gasteiger partial charge in [-0.1, -0.05) is 5.16 Å². The average molecular weight is 508 g/mol. The molecular weight excluding hydrogens is 486 g/mol. The number of nitrogens with zero attached hydrogens (tertiary/aromatic N) is 3. The van der Waals surface area contributed by atoms with E-state index in [0.29, 0.717) is 0 Å². The van der Waals surface area contributed by atoms with Crippen LogP contribution in [0.3, 0.4) is 0 Å². The van der Waals surface area contributed by atoms with Gasteiger partial charge in [0.25, 0.3) is 11.8 Å². The van der Waals surface area contributed by atoms with Crippen LogP contribution in [0.5, 0.6) is 0 Å². The highest BCUT2D eigenvalue weighted by molar-refractivity contribution is 7.84. The van der Waals surface area contributed by atoms with Gasteiger partial charge in [0.15, 0.2) is 10.8 Å². The van der Waals surface area contributed by atoms with E-state index >= 15 is 0 Å². The molecule has 1 aliphatic heterocycles. The van der Waals surface area contributed by atoms with Crippen molar-refractivity contribution in [1.82, 2.24) is 14.6 Å². The number of nitrogen functional groups attached to an aromatic ring is 1. The molecule has 17 heteroatoms. The maximum absolute atomic E-state index is 12.9. The number of aromatic nitrogens is 1. The van der Waals surface area contributed by atoms with Gasteiger partial charge in [0.2, 0.25) is 5.60 Å². The van der Waals surface area contributed by atoms with Crippen LogP contribution in [0, 0.1) is 0 Å². The van der Waals surface area contributed by atoms with Gasteiger partial charge in [-0.25, -0.2) is 14.1 Å². The van der Waals surface area contributed by atoms with Crippen LogP contribution in [0.2, 0.25) is 0 Å². The lowest BCUT2D eigenvalue weighted by atomic mass is 9.94. The van der Waals surface area contributed by atoms with Gasteiger partial charge in [-0.15, -0.1) is 11.3 Å². The largest absolute Gasteiger partial charge is 0.478 e. The summed E-state index contributed by atoms with van der Waals surface area (Å²) in [5.74, 6) is -4.33. The first-order chi connectivity index (χ1) is 15.2. The Labute approximate surface area is 191 Å². The number of carboxylic acid groups (broad SMARTS) is 1. The third-order valence-corrected chi connectivity index (χ3v) is 6.06. The quantitative estimate of drug-likeness (QED) is 0.0958. The van der Waals surface area contributed by atoms with Crippen LogP contribution in [-0.2, 0) is 39.1 Å². The number of nitrogens with one attached hydrogen (secondary N) is 1. The molecular formula is C16H21N5O10S2. The molecule has 1 aromatic rings. The van der Waals surface area contributed by atoms with Crippen molar-refractivity contribution >= 4 is 56.2 Å². The summed E-state index contributed by atoms with van der Waals surface area (Å²) in [5, 5.41) is 16.3. The van der Waals surface area contributed by atoms with Gasteiger partial charge in [-0.2, -0.15) is 8.42 Å². The molecule has 0 spiro atoms. The molecule has 2 atom stereocenters. The van der Waals surface area contributed by atoms with Crippen molar-refractivity contribution in [2.24, 2.45) is 5.16 Å². The molecule has 2 heterocycles. The van der Waals surface area contributed by atoms with E-state index in [-0.39, 0.29) is 28.0 Å². The third kappa shape index (κ3) is 5.93. The Balaban J connectivity index is 2.31. The predicted octanol–water partition coefficient (Wildman–Crippen LogP) is -1.24. The molecule has 0 aliphatic carbocycles. The van der Waals surface area contributed by atoms with E-state index in [2.05, 4.69) is 20.2 Å². The lowest BCUT2D eigenvalue weighted by Gasteiger charge is -2.44. The number of carboxylic acids is 1. The molecule has 5 N–H and O–H groups in total. The predicted molar refractivity (Wildman–Crippen MR) is 111 cm³/mol. The molecule has 0 radical (unpaired) electrons. The van der Waals surface area contributed by atoms with Crippen LogP contribution in [0.1, 0.15) is 32.4 Å². The first-order valence-electron chi connectivity index (χ1n) is 9.08. The van der Waals surface area contributed by atoms with Gasteiger partial charge in [-0.05, 0) is 20.3 Å². The molecule has 1 fully saturated rings. The zero-order valence-corrected chi connectivity index (χ0v) is 19.2. The summed E-state index contributed by atoms with van der Waals surface area (Å²) in [6.07, 6.45) is -0.575. The van der Waals surface area contributed by atoms with Crippen molar-refractivity contribution in [3.05, 3.63) is 11.1 Å². The molecule has 0 unspecified atom stereocenters. The van der Waals surface area contributed by atoms with Crippen molar-refractivity contribution in [3.63, 3.8) is 0 Å². The van der Waals surface area contributed by atoms with Gasteiger partial charge in [-0.3, -0.25) is 18.9 Å². The number of oxime groups is 1. The summed E-state index contributed by atoms with van der Waals surface area (Å²) in [7, 11) is -3.86. The Morgan fingerprint density at radius 2 is 2.03 bits per heavy atom. The molecule has 0 saturated carbocycles. The monoisotopic (exact) mass is 507 g/mol. The molecule has 1 aliphatic rings. The van der Waals surface area contributed by atoms with E-state index in [9.17, 15) is 32.1 Å². The van der Waals surface area contributed by atoms with Crippen LogP contribution in [-0.4, -0.2) is 81.6 Å². The summed E-state index contributed by atoms with van der Waals surface area (Å²) < 4.78 is 36.9. The second-order valence-corrected chi connectivity index (χ2v) is 9.34. The molecule has 2 rings (SSSR count). The number of ether oxygens (including phenoxy) is 1. The fourth-order valence-electron chi connectivity index (χ4n) is 2.62. The normalized spacial score (nSPS) is 19.0. The highest BCUT2D eigenvalue weighted by Gasteiger charge is 2.54. The average Bonchev–Trinajstić information content (AvgIpc) is 3.13. The van der Waals surface area contributed by atoms with E-state index < -0.39 is 57.5 Å². The SMILES string of the molecule is COC(=O)CC[C@H]1[C@@H](NC(=O)/C(=N\OC(C)(C)C(=O)O)c2csc(N)n2)C(=O)N1S(=O)(=O)O. The third-order valence-electron chi connectivity index (χ3n) is 4.44. The summed E-state index contributed by atoms with van der Waals surface area (Å²) in [5.41, 5.74) is 3.10. The first kappa shape index (κ1) is 25.9. The maximum atomic E-state index is 12.9. The van der Waals surface area contributed by atoms with Crippen molar-refractivity contribution in [3.8, 4) is 0 Å². The van der Waals surface area contributed by atoms with E-state index in [1.165, 1.54) is 19.2 Å². The number of rotatable bonds is 10. The Hall–Kier alpha value is -3.31. The second-order valence-electron chi connectivity index (χ2n) is 7.16. The molecule has 33 heavy (non-hydrogen) atoms. The minimum absolute atomic E-state index is 0.0521. The fourth-order valence-corrected chi connectivity index (χ4v) is 4.08.